The number of carbonyl (C=O) groups is 2. The molecule has 0 aliphatic carbocycles. The van der Waals surface area contributed by atoms with Gasteiger partial charge in [0.05, 0.1) is 40.4 Å². The van der Waals surface area contributed by atoms with Crippen molar-refractivity contribution in [2.45, 2.75) is 18.8 Å². The molecule has 43 heavy (non-hydrogen) atoms. The van der Waals surface area contributed by atoms with Crippen LogP contribution in [0.15, 0.2) is 59.5 Å². The number of hydrogen-bond acceptors (Lipinski definition) is 4. The first kappa shape index (κ1) is 28.2. The Bertz CT molecular complexity index is 2020. The predicted molar refractivity (Wildman–Crippen MR) is 145 cm³/mol. The zero-order valence-electron chi connectivity index (χ0n) is 21.8. The summed E-state index contributed by atoms with van der Waals surface area (Å²) in [5.41, 5.74) is -1.60. The summed E-state index contributed by atoms with van der Waals surface area (Å²) in [6.07, 6.45) is -3.45. The van der Waals surface area contributed by atoms with Gasteiger partial charge in [0.1, 0.15) is 11.6 Å². The van der Waals surface area contributed by atoms with Gasteiger partial charge >= 0.3 is 11.9 Å². The molecule has 2 amide bonds. The number of nitrogens with zero attached hydrogens (tertiary/aromatic N) is 3. The third-order valence-corrected chi connectivity index (χ3v) is 7.49. The number of aromatic nitrogens is 4. The molecule has 1 aliphatic heterocycles. The van der Waals surface area contributed by atoms with Crippen LogP contribution in [0.3, 0.4) is 0 Å². The monoisotopic (exact) mass is 616 g/mol. The minimum Gasteiger partial charge on any atom is -0.341 e. The van der Waals surface area contributed by atoms with E-state index in [-0.39, 0.29) is 51.0 Å². The van der Waals surface area contributed by atoms with Crippen LogP contribution in [0.5, 0.6) is 0 Å². The molecule has 3 heterocycles. The van der Waals surface area contributed by atoms with Gasteiger partial charge in [-0.1, -0.05) is 11.6 Å². The third kappa shape index (κ3) is 4.82. The van der Waals surface area contributed by atoms with E-state index in [1.807, 2.05) is 0 Å². The maximum atomic E-state index is 14.3. The molecule has 0 saturated carbocycles. The first-order valence-electron chi connectivity index (χ1n) is 12.5. The molecule has 0 radical (unpaired) electrons. The lowest BCUT2D eigenvalue weighted by atomic mass is 9.95. The number of anilines is 1. The number of halogens is 6. The highest BCUT2D eigenvalue weighted by Crippen LogP contribution is 2.43. The molecule has 5 aromatic rings. The van der Waals surface area contributed by atoms with E-state index in [4.69, 9.17) is 11.6 Å². The normalized spacial score (nSPS) is 14.7. The number of carbonyl (C=O) groups excluding carboxylic acids is 2. The number of H-pyrrole nitrogens is 1. The maximum Gasteiger partial charge on any atom is 0.416 e. The van der Waals surface area contributed by atoms with Crippen LogP contribution in [-0.2, 0) is 19.8 Å². The average molecular weight is 617 g/mol. The van der Waals surface area contributed by atoms with E-state index < -0.39 is 52.5 Å². The Kier molecular flexibility index (Phi) is 6.60. The Morgan fingerprint density at radius 2 is 1.84 bits per heavy atom. The van der Waals surface area contributed by atoms with Crippen molar-refractivity contribution in [3.8, 4) is 0 Å². The second-order valence-corrected chi connectivity index (χ2v) is 10.3. The Morgan fingerprint density at radius 3 is 2.53 bits per heavy atom. The average Bonchev–Trinajstić information content (AvgIpc) is 3.64. The number of rotatable bonds is 5. The number of fused-ring (bicyclic) bond motifs is 3. The standard InChI is InChI=1S/C28H18ClF5N6O3/c1-39-24-20(40(27(39)43)11-16-4-5-35-38-16)10-19(36-25(41)12-6-13(28(32,33)34)8-15(31)7-12)21-22(24)26(42)37-23(21)17-9-14(30)2-3-18(17)29/h2-10,23H,11H2,1H3,(H,35,38)(H,36,41)(H,37,42). The minimum atomic E-state index is -4.93. The first-order valence-corrected chi connectivity index (χ1v) is 12.9. The second-order valence-electron chi connectivity index (χ2n) is 9.84. The lowest BCUT2D eigenvalue weighted by Crippen LogP contribution is -2.23. The quantitative estimate of drug-likeness (QED) is 0.237. The lowest BCUT2D eigenvalue weighted by molar-refractivity contribution is -0.137. The molecule has 9 nitrogen and oxygen atoms in total. The van der Waals surface area contributed by atoms with Gasteiger partial charge in [-0.05, 0) is 48.5 Å². The maximum absolute atomic E-state index is 14.3. The molecule has 3 aromatic carbocycles. The van der Waals surface area contributed by atoms with Crippen molar-refractivity contribution in [3.63, 3.8) is 0 Å². The van der Waals surface area contributed by atoms with Crippen LogP contribution < -0.4 is 16.3 Å². The van der Waals surface area contributed by atoms with Crippen LogP contribution in [0.4, 0.5) is 27.6 Å². The molecule has 1 aliphatic rings. The molecule has 6 rings (SSSR count). The van der Waals surface area contributed by atoms with Crippen molar-refractivity contribution in [2.75, 3.05) is 5.32 Å². The summed E-state index contributed by atoms with van der Waals surface area (Å²) < 4.78 is 71.1. The summed E-state index contributed by atoms with van der Waals surface area (Å²) >= 11 is 6.36. The van der Waals surface area contributed by atoms with E-state index in [9.17, 15) is 36.3 Å². The number of alkyl halides is 3. The zero-order valence-corrected chi connectivity index (χ0v) is 22.6. The van der Waals surface area contributed by atoms with Gasteiger partial charge in [-0.2, -0.15) is 18.3 Å². The van der Waals surface area contributed by atoms with Gasteiger partial charge < -0.3 is 10.6 Å². The Labute approximate surface area is 242 Å². The molecule has 15 heteroatoms. The topological polar surface area (TPSA) is 114 Å². The van der Waals surface area contributed by atoms with Crippen molar-refractivity contribution in [1.29, 1.82) is 0 Å². The molecule has 220 valence electrons. The zero-order chi connectivity index (χ0) is 30.8. The van der Waals surface area contributed by atoms with Crippen molar-refractivity contribution in [2.24, 2.45) is 7.05 Å². The van der Waals surface area contributed by atoms with E-state index in [0.29, 0.717) is 17.8 Å². The molecular weight excluding hydrogens is 599 g/mol. The van der Waals surface area contributed by atoms with Gasteiger partial charge in [0.2, 0.25) is 0 Å². The Balaban J connectivity index is 1.59. The van der Waals surface area contributed by atoms with Crippen molar-refractivity contribution < 1.29 is 31.5 Å². The van der Waals surface area contributed by atoms with Crippen LogP contribution >= 0.6 is 11.6 Å². The fraction of sp³-hybridized carbons (Fsp3) is 0.143. The van der Waals surface area contributed by atoms with E-state index in [0.717, 1.165) is 12.1 Å². The second kappa shape index (κ2) is 10.1. The summed E-state index contributed by atoms with van der Waals surface area (Å²) in [6.45, 7) is -0.0119. The first-order chi connectivity index (χ1) is 20.3. The van der Waals surface area contributed by atoms with E-state index in [2.05, 4.69) is 20.8 Å². The molecule has 0 bridgehead atoms. The third-order valence-electron chi connectivity index (χ3n) is 7.15. The van der Waals surface area contributed by atoms with Crippen LogP contribution in [0.25, 0.3) is 11.0 Å². The van der Waals surface area contributed by atoms with Gasteiger partial charge in [-0.25, -0.2) is 13.6 Å². The van der Waals surface area contributed by atoms with Crippen LogP contribution in [0.1, 0.15) is 49.1 Å². The minimum absolute atomic E-state index is 0.0119. The van der Waals surface area contributed by atoms with Crippen molar-refractivity contribution in [1.82, 2.24) is 24.6 Å². The smallest absolute Gasteiger partial charge is 0.341 e. The van der Waals surface area contributed by atoms with Gasteiger partial charge in [-0.3, -0.25) is 23.8 Å². The van der Waals surface area contributed by atoms with E-state index in [1.54, 1.807) is 6.07 Å². The van der Waals surface area contributed by atoms with Crippen LogP contribution in [0, 0.1) is 11.6 Å². The van der Waals surface area contributed by atoms with Gasteiger partial charge in [0.15, 0.2) is 0 Å². The van der Waals surface area contributed by atoms with E-state index >= 15 is 0 Å². The highest BCUT2D eigenvalue weighted by molar-refractivity contribution is 6.31. The van der Waals surface area contributed by atoms with E-state index in [1.165, 1.54) is 34.5 Å². The fourth-order valence-corrected chi connectivity index (χ4v) is 5.48. The van der Waals surface area contributed by atoms with Gasteiger partial charge in [-0.15, -0.1) is 0 Å². The highest BCUT2D eigenvalue weighted by atomic mass is 35.5. The van der Waals surface area contributed by atoms with Crippen LogP contribution in [0.2, 0.25) is 5.02 Å². The molecule has 2 aromatic heterocycles. The highest BCUT2D eigenvalue weighted by Gasteiger charge is 2.38. The molecule has 1 atom stereocenters. The Hall–Kier alpha value is -4.98. The summed E-state index contributed by atoms with van der Waals surface area (Å²) in [4.78, 5) is 40.1. The number of benzene rings is 3. The molecular formula is C28H18ClF5N6O3. The summed E-state index contributed by atoms with van der Waals surface area (Å²) in [6, 6.07) is 6.70. The van der Waals surface area contributed by atoms with Gasteiger partial charge in [0, 0.05) is 40.6 Å². The lowest BCUT2D eigenvalue weighted by Gasteiger charge is -2.19. The molecule has 0 saturated heterocycles. The number of imidazole rings is 1. The largest absolute Gasteiger partial charge is 0.416 e. The number of hydrogen-bond donors (Lipinski definition) is 3. The van der Waals surface area contributed by atoms with Gasteiger partial charge in [0.25, 0.3) is 11.8 Å². The van der Waals surface area contributed by atoms with Crippen LogP contribution in [-0.4, -0.2) is 31.1 Å². The molecule has 0 spiro atoms. The molecule has 0 fully saturated rings. The predicted octanol–water partition coefficient (Wildman–Crippen LogP) is 5.15. The SMILES string of the molecule is Cn1c(=O)n(Cc2ccn[nH]2)c2cc(NC(=O)c3cc(F)cc(C(F)(F)F)c3)c3c(c21)C(=O)NC3c1cc(F)ccc1Cl. The fourth-order valence-electron chi connectivity index (χ4n) is 5.25. The Morgan fingerprint density at radius 1 is 1.07 bits per heavy atom. The summed E-state index contributed by atoms with van der Waals surface area (Å²) in [7, 11) is 1.44. The number of aryl methyl sites for hydroxylation is 1. The number of amides is 2. The number of nitrogens with one attached hydrogen (secondary N) is 3. The van der Waals surface area contributed by atoms with Crippen molar-refractivity contribution in [3.05, 3.63) is 115 Å². The number of aromatic amines is 1. The van der Waals surface area contributed by atoms with Crippen molar-refractivity contribution >= 4 is 40.1 Å². The summed E-state index contributed by atoms with van der Waals surface area (Å²) in [5, 5.41) is 11.8. The molecule has 1 unspecified atom stereocenters. The molecule has 3 N–H and O–H groups in total. The summed E-state index contributed by atoms with van der Waals surface area (Å²) in [5.74, 6) is -3.78.